The molecule has 12 bridgehead atoms. The third-order valence-electron chi connectivity index (χ3n) is 39.5. The van der Waals surface area contributed by atoms with Gasteiger partial charge in [0.2, 0.25) is 0 Å². The van der Waals surface area contributed by atoms with Crippen molar-refractivity contribution in [3.8, 4) is 83.8 Å². The van der Waals surface area contributed by atoms with Gasteiger partial charge in [-0.05, 0) is 395 Å². The fourth-order valence-corrected chi connectivity index (χ4v) is 38.4. The van der Waals surface area contributed by atoms with Crippen LogP contribution in [0, 0.1) is 71.0 Å². The summed E-state index contributed by atoms with van der Waals surface area (Å²) in [5.41, 5.74) is 38.5. The highest BCUT2D eigenvalue weighted by atomic mass is 32.1. The summed E-state index contributed by atoms with van der Waals surface area (Å²) in [6, 6.07) is 147. The number of thiophene rings is 3. The lowest BCUT2D eigenvalue weighted by atomic mass is 9.43. The third kappa shape index (κ3) is 11.1. The molecule has 6 heterocycles. The molecular weight excluding hydrogens is 1800 g/mol. The summed E-state index contributed by atoms with van der Waals surface area (Å²) in [6.07, 6.45) is 21.5. The summed E-state index contributed by atoms with van der Waals surface area (Å²) >= 11 is 5.68. The Kier molecular flexibility index (Phi) is 17.0. The van der Waals surface area contributed by atoms with Crippen LogP contribution in [0.2, 0.25) is 0 Å². The van der Waals surface area contributed by atoms with Crippen LogP contribution in [-0.4, -0.2) is 13.7 Å². The first-order valence-corrected chi connectivity index (χ1v) is 56.3. The zero-order chi connectivity index (χ0) is 93.4. The van der Waals surface area contributed by atoms with E-state index in [1.807, 2.05) is 34.0 Å². The Balaban J connectivity index is 0.0000000932. The maximum Gasteiger partial charge on any atom is 0.0547 e. The normalized spacial score (nSPS) is 25.2. The van der Waals surface area contributed by atoms with Crippen molar-refractivity contribution in [1.82, 2.24) is 13.7 Å². The van der Waals surface area contributed by atoms with Crippen molar-refractivity contribution in [3.05, 3.63) is 416 Å². The zero-order valence-electron chi connectivity index (χ0n) is 80.5. The van der Waals surface area contributed by atoms with Crippen molar-refractivity contribution in [2.75, 3.05) is 0 Å². The molecule has 0 aliphatic heterocycles. The fraction of sp³-hybridized carbons (Fsp3) is 0.217. The van der Waals surface area contributed by atoms with Gasteiger partial charge in [-0.15, -0.1) is 34.0 Å². The molecule has 0 amide bonds. The number of nitrogens with zero attached hydrogens (tertiary/aromatic N) is 3. The number of para-hydroxylation sites is 3. The van der Waals surface area contributed by atoms with Gasteiger partial charge in [0.25, 0.3) is 0 Å². The molecule has 0 radical (unpaired) electrons. The lowest BCUT2D eigenvalue weighted by Crippen LogP contribution is -2.55. The van der Waals surface area contributed by atoms with Crippen LogP contribution >= 0.6 is 34.0 Å². The predicted molar refractivity (Wildman–Crippen MR) is 607 cm³/mol. The minimum absolute atomic E-state index is 0.205. The molecule has 15 aliphatic rings. The molecule has 144 heavy (non-hydrogen) atoms. The molecule has 3 spiro atoms. The molecule has 0 atom stereocenters. The first-order valence-electron chi connectivity index (χ1n) is 53.8. The number of aromatic nitrogens is 3. The van der Waals surface area contributed by atoms with Crippen LogP contribution in [0.4, 0.5) is 0 Å². The van der Waals surface area contributed by atoms with Crippen LogP contribution in [0.3, 0.4) is 0 Å². The molecule has 6 heteroatoms. The summed E-state index contributed by atoms with van der Waals surface area (Å²) in [5, 5.41) is 16.1. The van der Waals surface area contributed by atoms with Gasteiger partial charge >= 0.3 is 0 Å². The minimum Gasteiger partial charge on any atom is -0.309 e. The monoisotopic (exact) mass is 1900 g/mol. The van der Waals surface area contributed by atoms with E-state index >= 15 is 0 Å². The highest BCUT2D eigenvalue weighted by molar-refractivity contribution is 7.26. The zero-order valence-corrected chi connectivity index (χ0v) is 82.9. The smallest absolute Gasteiger partial charge is 0.0547 e. The Morgan fingerprint density at radius 3 is 0.958 bits per heavy atom. The molecule has 0 saturated heterocycles. The van der Waals surface area contributed by atoms with Gasteiger partial charge in [0.15, 0.2) is 0 Å². The molecule has 690 valence electrons. The van der Waals surface area contributed by atoms with Crippen molar-refractivity contribution in [2.24, 2.45) is 71.0 Å². The van der Waals surface area contributed by atoms with Crippen molar-refractivity contribution in [3.63, 3.8) is 0 Å². The van der Waals surface area contributed by atoms with Crippen LogP contribution in [0.15, 0.2) is 382 Å². The molecule has 0 unspecified atom stereocenters. The molecule has 18 aromatic carbocycles. The maximum atomic E-state index is 2.56. The SMILES string of the molecule is c1ccc2c(c1)-c1cc(-n3c4ccccc4c4c(-c5ccc6c(c5)sc5ccccc56)cccc43)ccc1C21C2CC3CC(C2)CC1C3.c1ccc2c(c1)-c1cc(-n3c4ccccc4c4cc(-c5ccc6sc7ccccc7c6c5)ccc43)ccc1C21C2CC3CC(C2)CC1C3.c1ccc2c(c1)-c1cc(-n3c4ccccc4c4cc(-c5cccc6sc7ccccc7c56)ccc43)ccc1C21C2CC3CC(C2)CC1C3. The van der Waals surface area contributed by atoms with E-state index in [0.717, 1.165) is 71.0 Å². The number of rotatable bonds is 6. The van der Waals surface area contributed by atoms with Crippen LogP contribution in [0.1, 0.15) is 130 Å². The summed E-state index contributed by atoms with van der Waals surface area (Å²) in [4.78, 5) is 0. The molecule has 6 aromatic heterocycles. The second-order valence-electron chi connectivity index (χ2n) is 46.0. The van der Waals surface area contributed by atoms with E-state index in [-0.39, 0.29) is 16.2 Å². The Bertz CT molecular complexity index is 9620. The second kappa shape index (κ2) is 30.1. The summed E-state index contributed by atoms with van der Waals surface area (Å²) in [7, 11) is 0. The van der Waals surface area contributed by atoms with Gasteiger partial charge in [-0.1, -0.05) is 255 Å². The molecule has 3 nitrogen and oxygen atoms in total. The van der Waals surface area contributed by atoms with E-state index in [1.54, 1.807) is 33.4 Å². The Hall–Kier alpha value is -14.0. The largest absolute Gasteiger partial charge is 0.309 e. The van der Waals surface area contributed by atoms with E-state index in [4.69, 9.17) is 0 Å². The summed E-state index contributed by atoms with van der Waals surface area (Å²) < 4.78 is 15.7. The van der Waals surface area contributed by atoms with Crippen molar-refractivity contribution in [2.45, 2.75) is 113 Å². The standard InChI is InChI=1S/3C46H35NS/c1-4-12-39-34(8-1)38-26-32(17-19-40(38)46(39)30-21-27-20-28(23-30)24-31(46)22-27)47-41-13-5-2-10-37(41)45-33(11-7-14-42(45)47)29-16-18-36-35-9-3-6-15-43(35)48-44(36)25-29;1-4-12-39-34(8-1)37-26-32(17-18-40(37)46(39)30-21-27-20-28(23-30)24-31(46)22-27)47-41-13-5-2-9-35(41)38-25-29(16-19-42(38)47)33-11-7-15-44-45(33)36-10-3-6-14-43(36)48-44;1-4-10-40-34(7-1)37-26-33(15-16-41(37)46(40)31-20-27-19-28(22-31)23-32(46)21-27)47-42-11-5-2-8-35(42)38-24-29(13-17-43(38)47)30-14-18-45-39(25-30)36-9-3-6-12-44(36)48-45/h2*1-19,25-28,30-31H,20-24H2;1-18,24-28,31-32H,19-23H2. The fourth-order valence-electron chi connectivity index (χ4n) is 35.1. The van der Waals surface area contributed by atoms with E-state index in [9.17, 15) is 0 Å². The van der Waals surface area contributed by atoms with Crippen LogP contribution in [0.5, 0.6) is 0 Å². The second-order valence-corrected chi connectivity index (χ2v) is 49.2. The number of fused-ring (bicyclic) bond motifs is 27. The molecule has 24 aromatic rings. The molecule has 12 saturated carbocycles. The topological polar surface area (TPSA) is 14.8 Å². The van der Waals surface area contributed by atoms with Gasteiger partial charge in [-0.3, -0.25) is 0 Å². The van der Waals surface area contributed by atoms with E-state index in [2.05, 4.69) is 396 Å². The molecule has 0 N–H and O–H groups in total. The van der Waals surface area contributed by atoms with Gasteiger partial charge in [0.05, 0.1) is 33.1 Å². The number of benzene rings is 18. The van der Waals surface area contributed by atoms with Gasteiger partial charge < -0.3 is 13.7 Å². The highest BCUT2D eigenvalue weighted by Crippen LogP contribution is 2.74. The van der Waals surface area contributed by atoms with Crippen LogP contribution in [-0.2, 0) is 16.2 Å². The number of hydrogen-bond acceptors (Lipinski definition) is 3. The lowest BCUT2D eigenvalue weighted by molar-refractivity contribution is -0.0399. The van der Waals surface area contributed by atoms with Gasteiger partial charge in [0, 0.05) is 126 Å². The van der Waals surface area contributed by atoms with Crippen LogP contribution < -0.4 is 0 Å². The third-order valence-corrected chi connectivity index (χ3v) is 43.0. The average molecular weight is 1900 g/mol. The van der Waals surface area contributed by atoms with Gasteiger partial charge in [0.1, 0.15) is 0 Å². The average Bonchev–Trinajstić information content (AvgIpc) is 1.51. The summed E-state index contributed by atoms with van der Waals surface area (Å²) in [6.45, 7) is 0. The lowest BCUT2D eigenvalue weighted by Gasteiger charge is -2.61. The molecule has 15 aliphatic carbocycles. The van der Waals surface area contributed by atoms with E-state index in [1.165, 1.54) is 306 Å². The quantitative estimate of drug-likeness (QED) is 0.158. The maximum absolute atomic E-state index is 2.56. The van der Waals surface area contributed by atoms with Crippen molar-refractivity contribution >= 4 is 160 Å². The van der Waals surface area contributed by atoms with E-state index < -0.39 is 0 Å². The van der Waals surface area contributed by atoms with Crippen molar-refractivity contribution < 1.29 is 0 Å². The summed E-state index contributed by atoms with van der Waals surface area (Å²) in [5.74, 6) is 10.5. The Morgan fingerprint density at radius 2 is 0.465 bits per heavy atom. The molecular formula is C138H105N3S3. The first-order chi connectivity index (χ1) is 71.2. The van der Waals surface area contributed by atoms with Crippen LogP contribution in [0.25, 0.3) is 210 Å². The number of hydrogen-bond donors (Lipinski definition) is 0. The van der Waals surface area contributed by atoms with E-state index in [0.29, 0.717) is 0 Å². The Labute approximate surface area is 849 Å². The highest BCUT2D eigenvalue weighted by Gasteiger charge is 2.65. The molecule has 12 fully saturated rings. The van der Waals surface area contributed by atoms with Gasteiger partial charge in [-0.25, -0.2) is 0 Å². The molecule has 39 rings (SSSR count). The Morgan fingerprint density at radius 1 is 0.167 bits per heavy atom. The minimum atomic E-state index is 0.205. The van der Waals surface area contributed by atoms with Crippen molar-refractivity contribution in [1.29, 1.82) is 0 Å². The first kappa shape index (κ1) is 81.4. The predicted octanol–water partition coefficient (Wildman–Crippen LogP) is 37.6. The van der Waals surface area contributed by atoms with Gasteiger partial charge in [-0.2, -0.15) is 0 Å².